The molecule has 94 valence electrons. The molecule has 0 spiro atoms. The third kappa shape index (κ3) is 2.39. The van der Waals surface area contributed by atoms with Crippen molar-refractivity contribution in [3.05, 3.63) is 29.0 Å². The van der Waals surface area contributed by atoms with Crippen LogP contribution >= 0.6 is 22.9 Å². The molecule has 3 rings (SSSR count). The van der Waals surface area contributed by atoms with Crippen molar-refractivity contribution in [3.8, 4) is 0 Å². The Labute approximate surface area is 114 Å². The molecule has 0 saturated carbocycles. The van der Waals surface area contributed by atoms with Gasteiger partial charge in [0.25, 0.3) is 0 Å². The summed E-state index contributed by atoms with van der Waals surface area (Å²) >= 11 is 7.43. The van der Waals surface area contributed by atoms with Crippen molar-refractivity contribution >= 4 is 34.0 Å². The first-order chi connectivity index (χ1) is 8.83. The van der Waals surface area contributed by atoms with E-state index < -0.39 is 0 Å². The predicted octanol–water partition coefficient (Wildman–Crippen LogP) is 1.91. The highest BCUT2D eigenvalue weighted by molar-refractivity contribution is 7.14. The molecule has 1 fully saturated rings. The summed E-state index contributed by atoms with van der Waals surface area (Å²) in [4.78, 5) is 17.3. The number of rotatable bonds is 2. The topological polar surface area (TPSA) is 45.2 Å². The van der Waals surface area contributed by atoms with Crippen molar-refractivity contribution in [2.75, 3.05) is 36.0 Å². The van der Waals surface area contributed by atoms with Crippen molar-refractivity contribution in [2.45, 2.75) is 0 Å². The predicted molar refractivity (Wildman–Crippen MR) is 73.6 cm³/mol. The number of thiazole rings is 1. The lowest BCUT2D eigenvalue weighted by Crippen LogP contribution is -2.47. The van der Waals surface area contributed by atoms with Gasteiger partial charge >= 0.3 is 0 Å². The largest absolute Gasteiger partial charge is 0.345 e. The molecule has 3 heterocycles. The summed E-state index contributed by atoms with van der Waals surface area (Å²) in [5.74, 6) is 0.800. The van der Waals surface area contributed by atoms with Crippen LogP contribution in [0.3, 0.4) is 0 Å². The first kappa shape index (κ1) is 11.7. The molecule has 5 nitrogen and oxygen atoms in total. The summed E-state index contributed by atoms with van der Waals surface area (Å²) in [7, 11) is 0. The summed E-state index contributed by atoms with van der Waals surface area (Å²) in [6, 6.07) is 1.83. The maximum absolute atomic E-state index is 5.85. The number of aromatic nitrogens is 3. The molecule has 0 bridgehead atoms. The Morgan fingerprint density at radius 3 is 2.33 bits per heavy atom. The van der Waals surface area contributed by atoms with Crippen LogP contribution in [0.4, 0.5) is 11.1 Å². The van der Waals surface area contributed by atoms with E-state index in [1.165, 1.54) is 0 Å². The molecule has 0 unspecified atom stereocenters. The summed E-state index contributed by atoms with van der Waals surface area (Å²) < 4.78 is 0. The van der Waals surface area contributed by atoms with Crippen molar-refractivity contribution in [1.82, 2.24) is 15.0 Å². The zero-order valence-electron chi connectivity index (χ0n) is 9.66. The van der Waals surface area contributed by atoms with Crippen LogP contribution < -0.4 is 9.80 Å². The fourth-order valence-electron chi connectivity index (χ4n) is 1.94. The summed E-state index contributed by atoms with van der Waals surface area (Å²) in [5, 5.41) is 3.43. The van der Waals surface area contributed by atoms with Gasteiger partial charge in [-0.25, -0.2) is 15.0 Å². The third-order valence-corrected chi connectivity index (χ3v) is 4.07. The highest BCUT2D eigenvalue weighted by Gasteiger charge is 2.20. The van der Waals surface area contributed by atoms with Crippen molar-refractivity contribution in [1.29, 1.82) is 0 Å². The van der Waals surface area contributed by atoms with Crippen LogP contribution in [0.1, 0.15) is 0 Å². The minimum Gasteiger partial charge on any atom is -0.345 e. The van der Waals surface area contributed by atoms with E-state index in [4.69, 9.17) is 11.6 Å². The van der Waals surface area contributed by atoms with Crippen LogP contribution in [0, 0.1) is 0 Å². The fourth-order valence-corrected chi connectivity index (χ4v) is 2.94. The van der Waals surface area contributed by atoms with Gasteiger partial charge in [-0.2, -0.15) is 0 Å². The highest BCUT2D eigenvalue weighted by atomic mass is 35.5. The van der Waals surface area contributed by atoms with E-state index in [0.717, 1.165) is 37.3 Å². The van der Waals surface area contributed by atoms with Gasteiger partial charge in [0.15, 0.2) is 5.13 Å². The molecule has 0 amide bonds. The number of piperazine rings is 1. The third-order valence-electron chi connectivity index (χ3n) is 2.85. The summed E-state index contributed by atoms with van der Waals surface area (Å²) in [5.41, 5.74) is 0. The molecule has 0 aliphatic carbocycles. The summed E-state index contributed by atoms with van der Waals surface area (Å²) in [6.45, 7) is 3.65. The lowest BCUT2D eigenvalue weighted by molar-refractivity contribution is 0.639. The Kier molecular flexibility index (Phi) is 3.29. The minimum absolute atomic E-state index is 0.573. The number of nitrogens with zero attached hydrogens (tertiary/aromatic N) is 5. The van der Waals surface area contributed by atoms with Crippen molar-refractivity contribution < 1.29 is 0 Å². The Balaban J connectivity index is 1.65. The van der Waals surface area contributed by atoms with E-state index in [9.17, 15) is 0 Å². The molecule has 0 radical (unpaired) electrons. The second kappa shape index (κ2) is 5.07. The standard InChI is InChI=1S/C11H12ClN5S/c12-9-8-18-11(15-9)17-6-4-16(5-7-17)10-13-2-1-3-14-10/h1-3,8H,4-7H2. The van der Waals surface area contributed by atoms with Gasteiger partial charge in [0.2, 0.25) is 5.95 Å². The van der Waals surface area contributed by atoms with Gasteiger partial charge in [-0.1, -0.05) is 11.6 Å². The molecule has 1 aliphatic rings. The van der Waals surface area contributed by atoms with Crippen LogP contribution in [-0.2, 0) is 0 Å². The smallest absolute Gasteiger partial charge is 0.225 e. The van der Waals surface area contributed by atoms with Crippen LogP contribution in [-0.4, -0.2) is 41.1 Å². The monoisotopic (exact) mass is 281 g/mol. The Morgan fingerprint density at radius 2 is 1.72 bits per heavy atom. The van der Waals surface area contributed by atoms with Gasteiger partial charge in [0.05, 0.1) is 0 Å². The van der Waals surface area contributed by atoms with E-state index >= 15 is 0 Å². The van der Waals surface area contributed by atoms with E-state index in [1.807, 2.05) is 11.4 Å². The highest BCUT2D eigenvalue weighted by Crippen LogP contribution is 2.24. The SMILES string of the molecule is Clc1csc(N2CCN(c3ncccn3)CC2)n1. The number of halogens is 1. The van der Waals surface area contributed by atoms with Crippen LogP contribution in [0.5, 0.6) is 0 Å². The average Bonchev–Trinajstić information content (AvgIpc) is 2.87. The van der Waals surface area contributed by atoms with E-state index in [1.54, 1.807) is 23.7 Å². The molecule has 1 saturated heterocycles. The second-order valence-corrected chi connectivity index (χ2v) is 5.20. The van der Waals surface area contributed by atoms with Crippen LogP contribution in [0.2, 0.25) is 5.15 Å². The lowest BCUT2D eigenvalue weighted by atomic mass is 10.3. The molecular formula is C11H12ClN5S. The van der Waals surface area contributed by atoms with Crippen LogP contribution in [0.15, 0.2) is 23.8 Å². The van der Waals surface area contributed by atoms with E-state index in [-0.39, 0.29) is 0 Å². The molecule has 2 aromatic rings. The van der Waals surface area contributed by atoms with Gasteiger partial charge in [-0.3, -0.25) is 0 Å². The summed E-state index contributed by atoms with van der Waals surface area (Å²) in [6.07, 6.45) is 3.55. The second-order valence-electron chi connectivity index (χ2n) is 3.98. The minimum atomic E-state index is 0.573. The molecule has 7 heteroatoms. The number of hydrogen-bond acceptors (Lipinski definition) is 6. The maximum Gasteiger partial charge on any atom is 0.225 e. The maximum atomic E-state index is 5.85. The van der Waals surface area contributed by atoms with Gasteiger partial charge < -0.3 is 9.80 Å². The molecular weight excluding hydrogens is 270 g/mol. The van der Waals surface area contributed by atoms with Crippen molar-refractivity contribution in [2.24, 2.45) is 0 Å². The number of hydrogen-bond donors (Lipinski definition) is 0. The molecule has 18 heavy (non-hydrogen) atoms. The lowest BCUT2D eigenvalue weighted by Gasteiger charge is -2.34. The number of anilines is 2. The van der Waals surface area contributed by atoms with Gasteiger partial charge in [0, 0.05) is 44.0 Å². The zero-order chi connectivity index (χ0) is 12.4. The van der Waals surface area contributed by atoms with E-state index in [0.29, 0.717) is 5.15 Å². The Bertz CT molecular complexity index is 509. The molecule has 0 atom stereocenters. The Hall–Kier alpha value is -1.40. The van der Waals surface area contributed by atoms with Crippen molar-refractivity contribution in [3.63, 3.8) is 0 Å². The van der Waals surface area contributed by atoms with E-state index in [2.05, 4.69) is 24.8 Å². The van der Waals surface area contributed by atoms with Gasteiger partial charge in [-0.15, -0.1) is 11.3 Å². The zero-order valence-corrected chi connectivity index (χ0v) is 11.2. The normalized spacial score (nSPS) is 16.1. The van der Waals surface area contributed by atoms with Gasteiger partial charge in [0.1, 0.15) is 5.15 Å². The molecule has 2 aromatic heterocycles. The fraction of sp³-hybridized carbons (Fsp3) is 0.364. The van der Waals surface area contributed by atoms with Gasteiger partial charge in [-0.05, 0) is 6.07 Å². The first-order valence-corrected chi connectivity index (χ1v) is 6.96. The van der Waals surface area contributed by atoms with Crippen LogP contribution in [0.25, 0.3) is 0 Å². The quantitative estimate of drug-likeness (QED) is 0.841. The Morgan fingerprint density at radius 1 is 1.06 bits per heavy atom. The molecule has 1 aliphatic heterocycles. The molecule has 0 aromatic carbocycles. The average molecular weight is 282 g/mol. The first-order valence-electron chi connectivity index (χ1n) is 5.71. The molecule has 0 N–H and O–H groups in total.